The summed E-state index contributed by atoms with van der Waals surface area (Å²) < 4.78 is 1.70. The summed E-state index contributed by atoms with van der Waals surface area (Å²) in [6.07, 6.45) is 3.61. The number of amides is 1. The molecular formula is C17H18N4O2. The van der Waals surface area contributed by atoms with Gasteiger partial charge >= 0.3 is 0 Å². The normalized spacial score (nSPS) is 10.9. The summed E-state index contributed by atoms with van der Waals surface area (Å²) in [5.74, 6) is -0.195. The van der Waals surface area contributed by atoms with Crippen LogP contribution in [-0.4, -0.2) is 32.1 Å². The van der Waals surface area contributed by atoms with Crippen molar-refractivity contribution < 1.29 is 4.79 Å². The summed E-state index contributed by atoms with van der Waals surface area (Å²) in [6, 6.07) is 8.96. The SMILES string of the molecule is CCN(Cc1cnn(C)c1)C(=O)c1cc2ccccc2c(=O)[nH]1. The molecule has 0 radical (unpaired) electrons. The van der Waals surface area contributed by atoms with E-state index in [0.29, 0.717) is 24.2 Å². The first-order valence-corrected chi connectivity index (χ1v) is 7.47. The molecular weight excluding hydrogens is 292 g/mol. The second-order valence-electron chi connectivity index (χ2n) is 5.44. The number of benzene rings is 1. The Balaban J connectivity index is 1.93. The predicted octanol–water partition coefficient (Wildman–Crippen LogP) is 1.92. The average Bonchev–Trinajstić information content (AvgIpc) is 2.97. The van der Waals surface area contributed by atoms with Crippen LogP contribution >= 0.6 is 0 Å². The summed E-state index contributed by atoms with van der Waals surface area (Å²) in [6.45, 7) is 2.91. The number of hydrogen-bond donors (Lipinski definition) is 1. The Morgan fingerprint density at radius 1 is 1.35 bits per heavy atom. The van der Waals surface area contributed by atoms with E-state index in [1.165, 1.54) is 0 Å². The largest absolute Gasteiger partial charge is 0.333 e. The van der Waals surface area contributed by atoms with E-state index in [-0.39, 0.29) is 11.5 Å². The molecule has 1 N–H and O–H groups in total. The zero-order valence-corrected chi connectivity index (χ0v) is 13.1. The lowest BCUT2D eigenvalue weighted by Crippen LogP contribution is -2.32. The minimum atomic E-state index is -0.246. The molecule has 0 spiro atoms. The van der Waals surface area contributed by atoms with Gasteiger partial charge in [-0.3, -0.25) is 14.3 Å². The van der Waals surface area contributed by atoms with Crippen molar-refractivity contribution in [2.24, 2.45) is 7.05 Å². The van der Waals surface area contributed by atoms with E-state index in [1.807, 2.05) is 32.3 Å². The lowest BCUT2D eigenvalue weighted by Gasteiger charge is -2.20. The minimum absolute atomic E-state index is 0.195. The van der Waals surface area contributed by atoms with Gasteiger partial charge in [-0.05, 0) is 24.4 Å². The molecule has 0 aliphatic carbocycles. The third kappa shape index (κ3) is 3.01. The number of aromatic nitrogens is 3. The van der Waals surface area contributed by atoms with Gasteiger partial charge in [0.1, 0.15) is 5.69 Å². The van der Waals surface area contributed by atoms with Crippen molar-refractivity contribution >= 4 is 16.7 Å². The van der Waals surface area contributed by atoms with Gasteiger partial charge in [-0.2, -0.15) is 5.10 Å². The topological polar surface area (TPSA) is 71.0 Å². The molecule has 3 rings (SSSR count). The number of H-pyrrole nitrogens is 1. The third-order valence-corrected chi connectivity index (χ3v) is 3.78. The fourth-order valence-electron chi connectivity index (χ4n) is 2.60. The van der Waals surface area contributed by atoms with Crippen LogP contribution in [0.25, 0.3) is 10.8 Å². The molecule has 0 aliphatic rings. The third-order valence-electron chi connectivity index (χ3n) is 3.78. The van der Waals surface area contributed by atoms with Crippen molar-refractivity contribution in [3.05, 3.63) is 64.3 Å². The van der Waals surface area contributed by atoms with Crippen LogP contribution < -0.4 is 5.56 Å². The molecule has 0 bridgehead atoms. The Kier molecular flexibility index (Phi) is 3.97. The first-order valence-electron chi connectivity index (χ1n) is 7.47. The highest BCUT2D eigenvalue weighted by molar-refractivity contribution is 5.96. The smallest absolute Gasteiger partial charge is 0.270 e. The van der Waals surface area contributed by atoms with Crippen molar-refractivity contribution in [2.75, 3.05) is 6.54 Å². The number of aryl methyl sites for hydroxylation is 1. The molecule has 0 saturated carbocycles. The Morgan fingerprint density at radius 2 is 2.13 bits per heavy atom. The first kappa shape index (κ1) is 15.0. The number of aromatic amines is 1. The van der Waals surface area contributed by atoms with E-state index < -0.39 is 0 Å². The van der Waals surface area contributed by atoms with Crippen LogP contribution in [0.3, 0.4) is 0 Å². The van der Waals surface area contributed by atoms with Gasteiger partial charge < -0.3 is 9.88 Å². The van der Waals surface area contributed by atoms with Gasteiger partial charge in [0, 0.05) is 37.3 Å². The summed E-state index contributed by atoms with van der Waals surface area (Å²) in [5, 5.41) is 5.46. The zero-order valence-electron chi connectivity index (χ0n) is 13.1. The van der Waals surface area contributed by atoms with Crippen molar-refractivity contribution in [3.8, 4) is 0 Å². The maximum atomic E-state index is 12.7. The number of nitrogens with one attached hydrogen (secondary N) is 1. The van der Waals surface area contributed by atoms with Gasteiger partial charge in [0.05, 0.1) is 6.20 Å². The fraction of sp³-hybridized carbons (Fsp3) is 0.235. The van der Waals surface area contributed by atoms with Crippen LogP contribution in [0.4, 0.5) is 0 Å². The number of rotatable bonds is 4. The molecule has 6 heteroatoms. The van der Waals surface area contributed by atoms with Crippen LogP contribution in [-0.2, 0) is 13.6 Å². The molecule has 23 heavy (non-hydrogen) atoms. The van der Waals surface area contributed by atoms with Crippen molar-refractivity contribution in [3.63, 3.8) is 0 Å². The van der Waals surface area contributed by atoms with E-state index in [4.69, 9.17) is 0 Å². The standard InChI is InChI=1S/C17H18N4O2/c1-3-21(11-12-9-18-20(2)10-12)17(23)15-8-13-6-4-5-7-14(13)16(22)19-15/h4-10H,3,11H2,1-2H3,(H,19,22). The lowest BCUT2D eigenvalue weighted by molar-refractivity contribution is 0.0746. The summed E-state index contributed by atoms with van der Waals surface area (Å²) in [5.41, 5.74) is 1.01. The van der Waals surface area contributed by atoms with E-state index in [1.54, 1.807) is 34.0 Å². The van der Waals surface area contributed by atoms with Gasteiger partial charge in [-0.1, -0.05) is 18.2 Å². The molecule has 2 aromatic heterocycles. The van der Waals surface area contributed by atoms with Crippen LogP contribution in [0, 0.1) is 0 Å². The van der Waals surface area contributed by atoms with Gasteiger partial charge in [-0.15, -0.1) is 0 Å². The molecule has 0 aliphatic heterocycles. The molecule has 0 saturated heterocycles. The number of carbonyl (C=O) groups excluding carboxylic acids is 1. The molecule has 118 valence electrons. The number of hydrogen-bond acceptors (Lipinski definition) is 3. The van der Waals surface area contributed by atoms with E-state index in [2.05, 4.69) is 10.1 Å². The summed E-state index contributed by atoms with van der Waals surface area (Å²) in [4.78, 5) is 29.2. The second-order valence-corrected chi connectivity index (χ2v) is 5.44. The van der Waals surface area contributed by atoms with Gasteiger partial charge in [0.2, 0.25) is 0 Å². The Bertz CT molecular complexity index is 910. The highest BCUT2D eigenvalue weighted by Gasteiger charge is 2.17. The molecule has 1 amide bonds. The zero-order chi connectivity index (χ0) is 16.4. The van der Waals surface area contributed by atoms with E-state index in [9.17, 15) is 9.59 Å². The second kappa shape index (κ2) is 6.08. The van der Waals surface area contributed by atoms with Gasteiger partial charge in [0.25, 0.3) is 11.5 Å². The average molecular weight is 310 g/mol. The Labute approximate surface area is 133 Å². The molecule has 0 unspecified atom stereocenters. The number of carbonyl (C=O) groups is 1. The van der Waals surface area contributed by atoms with Crippen molar-refractivity contribution in [2.45, 2.75) is 13.5 Å². The number of fused-ring (bicyclic) bond motifs is 1. The predicted molar refractivity (Wildman–Crippen MR) is 88.2 cm³/mol. The van der Waals surface area contributed by atoms with Gasteiger partial charge in [-0.25, -0.2) is 0 Å². The molecule has 2 heterocycles. The van der Waals surface area contributed by atoms with Crippen LogP contribution in [0.2, 0.25) is 0 Å². The molecule has 0 atom stereocenters. The van der Waals surface area contributed by atoms with Gasteiger partial charge in [0.15, 0.2) is 0 Å². The number of nitrogens with zero attached hydrogens (tertiary/aromatic N) is 3. The highest BCUT2D eigenvalue weighted by atomic mass is 16.2. The van der Waals surface area contributed by atoms with Crippen LogP contribution in [0.15, 0.2) is 47.5 Å². The molecule has 6 nitrogen and oxygen atoms in total. The van der Waals surface area contributed by atoms with Crippen LogP contribution in [0.1, 0.15) is 23.0 Å². The molecule has 3 aromatic rings. The number of pyridine rings is 1. The monoisotopic (exact) mass is 310 g/mol. The van der Waals surface area contributed by atoms with Crippen molar-refractivity contribution in [1.29, 1.82) is 0 Å². The molecule has 0 fully saturated rings. The highest BCUT2D eigenvalue weighted by Crippen LogP contribution is 2.13. The quantitative estimate of drug-likeness (QED) is 0.800. The van der Waals surface area contributed by atoms with Crippen molar-refractivity contribution in [1.82, 2.24) is 19.7 Å². The van der Waals surface area contributed by atoms with E-state index in [0.717, 1.165) is 10.9 Å². The minimum Gasteiger partial charge on any atom is -0.333 e. The summed E-state index contributed by atoms with van der Waals surface area (Å²) >= 11 is 0. The summed E-state index contributed by atoms with van der Waals surface area (Å²) in [7, 11) is 1.84. The maximum absolute atomic E-state index is 12.7. The Hall–Kier alpha value is -2.89. The Morgan fingerprint density at radius 3 is 2.83 bits per heavy atom. The lowest BCUT2D eigenvalue weighted by atomic mass is 10.1. The maximum Gasteiger partial charge on any atom is 0.270 e. The van der Waals surface area contributed by atoms with Crippen LogP contribution in [0.5, 0.6) is 0 Å². The fourth-order valence-corrected chi connectivity index (χ4v) is 2.60. The van der Waals surface area contributed by atoms with E-state index >= 15 is 0 Å². The molecule has 1 aromatic carbocycles. The first-order chi connectivity index (χ1) is 11.1.